The lowest BCUT2D eigenvalue weighted by atomic mass is 10.2. The zero-order valence-corrected chi connectivity index (χ0v) is 14.0. The molecule has 0 unspecified atom stereocenters. The third-order valence-corrected chi connectivity index (χ3v) is 4.60. The molecular formula is C16H18FN3O3S. The third kappa shape index (κ3) is 3.54. The van der Waals surface area contributed by atoms with Crippen LogP contribution in [0.3, 0.4) is 0 Å². The van der Waals surface area contributed by atoms with Crippen molar-refractivity contribution in [2.24, 2.45) is 0 Å². The predicted molar refractivity (Wildman–Crippen MR) is 86.6 cm³/mol. The lowest BCUT2D eigenvalue weighted by Gasteiger charge is -2.17. The number of hydrogen-bond acceptors (Lipinski definition) is 6. The number of hydrogen-bond donors (Lipinski definition) is 1. The molecule has 1 aromatic heterocycles. The van der Waals surface area contributed by atoms with Crippen molar-refractivity contribution in [1.82, 2.24) is 14.5 Å². The number of aliphatic hydroxyl groups is 1. The van der Waals surface area contributed by atoms with Crippen molar-refractivity contribution in [3.63, 3.8) is 0 Å². The number of aliphatic hydroxyl groups excluding tert-OH is 1. The van der Waals surface area contributed by atoms with Crippen LogP contribution in [-0.2, 0) is 6.42 Å². The largest absolute Gasteiger partial charge is 0.486 e. The molecule has 2 heterocycles. The SMILES string of the molecule is CCCc1nnsc1C(=O)N1C[C@@H](O)[C@H](Oc2cccc(F)c2)C1. The number of ether oxygens (including phenoxy) is 1. The number of benzene rings is 1. The number of carbonyl (C=O) groups excluding carboxylic acids is 1. The first-order valence-corrected chi connectivity index (χ1v) is 8.56. The third-order valence-electron chi connectivity index (χ3n) is 3.84. The van der Waals surface area contributed by atoms with Crippen LogP contribution in [0.25, 0.3) is 0 Å². The fraction of sp³-hybridized carbons (Fsp3) is 0.438. The highest BCUT2D eigenvalue weighted by Gasteiger charge is 2.37. The monoisotopic (exact) mass is 351 g/mol. The number of aryl methyl sites for hydroxylation is 1. The van der Waals surface area contributed by atoms with Gasteiger partial charge in [0, 0.05) is 6.07 Å². The highest BCUT2D eigenvalue weighted by atomic mass is 32.1. The molecule has 8 heteroatoms. The summed E-state index contributed by atoms with van der Waals surface area (Å²) in [5, 5.41) is 14.2. The van der Waals surface area contributed by atoms with Crippen LogP contribution in [0, 0.1) is 5.82 Å². The Morgan fingerprint density at radius 3 is 3.08 bits per heavy atom. The molecule has 0 radical (unpaired) electrons. The van der Waals surface area contributed by atoms with Crippen LogP contribution in [0.1, 0.15) is 28.7 Å². The second-order valence-electron chi connectivity index (χ2n) is 5.69. The number of carbonyl (C=O) groups is 1. The topological polar surface area (TPSA) is 75.6 Å². The molecule has 0 saturated carbocycles. The minimum atomic E-state index is -0.826. The van der Waals surface area contributed by atoms with Gasteiger partial charge < -0.3 is 14.7 Å². The van der Waals surface area contributed by atoms with E-state index in [-0.39, 0.29) is 19.0 Å². The lowest BCUT2D eigenvalue weighted by molar-refractivity contribution is 0.0728. The summed E-state index contributed by atoms with van der Waals surface area (Å²) in [5.41, 5.74) is 0.691. The maximum absolute atomic E-state index is 13.2. The minimum absolute atomic E-state index is 0.169. The number of aromatic nitrogens is 2. The van der Waals surface area contributed by atoms with E-state index in [0.717, 1.165) is 18.0 Å². The Morgan fingerprint density at radius 2 is 2.33 bits per heavy atom. The van der Waals surface area contributed by atoms with E-state index in [4.69, 9.17) is 4.74 Å². The Balaban J connectivity index is 1.68. The van der Waals surface area contributed by atoms with E-state index in [2.05, 4.69) is 9.59 Å². The molecule has 0 spiro atoms. The number of likely N-dealkylation sites (tertiary alicyclic amines) is 1. The first-order chi connectivity index (χ1) is 11.6. The Labute approximate surface area is 143 Å². The molecular weight excluding hydrogens is 333 g/mol. The van der Waals surface area contributed by atoms with Crippen LogP contribution in [-0.4, -0.2) is 50.8 Å². The van der Waals surface area contributed by atoms with Crippen molar-refractivity contribution in [2.75, 3.05) is 13.1 Å². The van der Waals surface area contributed by atoms with Gasteiger partial charge in [-0.25, -0.2) is 4.39 Å². The number of rotatable bonds is 5. The van der Waals surface area contributed by atoms with Gasteiger partial charge in [0.25, 0.3) is 5.91 Å². The van der Waals surface area contributed by atoms with Gasteiger partial charge in [-0.15, -0.1) is 5.10 Å². The summed E-state index contributed by atoms with van der Waals surface area (Å²) >= 11 is 1.07. The van der Waals surface area contributed by atoms with Crippen molar-refractivity contribution in [3.05, 3.63) is 40.7 Å². The molecule has 1 N–H and O–H groups in total. The lowest BCUT2D eigenvalue weighted by Crippen LogP contribution is -2.31. The molecule has 0 bridgehead atoms. The number of amides is 1. The summed E-state index contributed by atoms with van der Waals surface area (Å²) in [4.78, 5) is 14.7. The van der Waals surface area contributed by atoms with E-state index in [0.29, 0.717) is 22.7 Å². The molecule has 6 nitrogen and oxygen atoms in total. The second kappa shape index (κ2) is 7.23. The van der Waals surface area contributed by atoms with Gasteiger partial charge in [0.1, 0.15) is 28.7 Å². The van der Waals surface area contributed by atoms with E-state index in [1.165, 1.54) is 23.1 Å². The van der Waals surface area contributed by atoms with Gasteiger partial charge >= 0.3 is 0 Å². The van der Waals surface area contributed by atoms with Gasteiger partial charge in [-0.3, -0.25) is 4.79 Å². The average molecular weight is 351 g/mol. The zero-order chi connectivity index (χ0) is 17.1. The van der Waals surface area contributed by atoms with Gasteiger partial charge in [-0.05, 0) is 30.1 Å². The van der Waals surface area contributed by atoms with Gasteiger partial charge in [0.2, 0.25) is 0 Å². The van der Waals surface area contributed by atoms with Crippen LogP contribution in [0.4, 0.5) is 4.39 Å². The van der Waals surface area contributed by atoms with E-state index in [9.17, 15) is 14.3 Å². The smallest absolute Gasteiger partial charge is 0.267 e. The van der Waals surface area contributed by atoms with Crippen LogP contribution in [0.5, 0.6) is 5.75 Å². The molecule has 3 rings (SSSR count). The van der Waals surface area contributed by atoms with Crippen molar-refractivity contribution in [2.45, 2.75) is 32.0 Å². The Kier molecular flexibility index (Phi) is 5.06. The van der Waals surface area contributed by atoms with Gasteiger partial charge in [-0.2, -0.15) is 0 Å². The quantitative estimate of drug-likeness (QED) is 0.890. The summed E-state index contributed by atoms with van der Waals surface area (Å²) < 4.78 is 22.7. The van der Waals surface area contributed by atoms with Crippen LogP contribution >= 0.6 is 11.5 Å². The molecule has 24 heavy (non-hydrogen) atoms. The fourth-order valence-corrected chi connectivity index (χ4v) is 3.35. The molecule has 1 fully saturated rings. The van der Waals surface area contributed by atoms with Gasteiger partial charge in [0.15, 0.2) is 0 Å². The number of β-amino-alcohol motifs (C(OH)–C–C–N with tert-alkyl or cyclic N) is 1. The second-order valence-corrected chi connectivity index (χ2v) is 6.44. The van der Waals surface area contributed by atoms with E-state index < -0.39 is 18.0 Å². The van der Waals surface area contributed by atoms with Crippen LogP contribution < -0.4 is 4.74 Å². The summed E-state index contributed by atoms with van der Waals surface area (Å²) in [6.07, 6.45) is 0.149. The fourth-order valence-electron chi connectivity index (χ4n) is 2.67. The molecule has 0 aliphatic carbocycles. The highest BCUT2D eigenvalue weighted by Crippen LogP contribution is 2.23. The summed E-state index contributed by atoms with van der Waals surface area (Å²) in [5.74, 6) is -0.273. The molecule has 2 aromatic rings. The molecule has 1 aliphatic rings. The normalized spacial score (nSPS) is 20.4. The maximum Gasteiger partial charge on any atom is 0.267 e. The van der Waals surface area contributed by atoms with Crippen molar-refractivity contribution >= 4 is 17.4 Å². The predicted octanol–water partition coefficient (Wildman–Crippen LogP) is 1.89. The van der Waals surface area contributed by atoms with Crippen molar-refractivity contribution in [3.8, 4) is 5.75 Å². The summed E-state index contributed by atoms with van der Waals surface area (Å²) in [7, 11) is 0. The molecule has 1 aromatic carbocycles. The van der Waals surface area contributed by atoms with Crippen LogP contribution in [0.2, 0.25) is 0 Å². The van der Waals surface area contributed by atoms with E-state index in [1.54, 1.807) is 6.07 Å². The Morgan fingerprint density at radius 1 is 1.50 bits per heavy atom. The molecule has 1 amide bonds. The van der Waals surface area contributed by atoms with E-state index >= 15 is 0 Å². The summed E-state index contributed by atoms with van der Waals surface area (Å²) in [6.45, 7) is 2.42. The number of nitrogens with zero attached hydrogens (tertiary/aromatic N) is 3. The zero-order valence-electron chi connectivity index (χ0n) is 13.2. The van der Waals surface area contributed by atoms with E-state index in [1.807, 2.05) is 6.92 Å². The summed E-state index contributed by atoms with van der Waals surface area (Å²) in [6, 6.07) is 5.73. The minimum Gasteiger partial charge on any atom is -0.486 e. The highest BCUT2D eigenvalue weighted by molar-refractivity contribution is 7.08. The van der Waals surface area contributed by atoms with Gasteiger partial charge in [0.05, 0.1) is 18.8 Å². The van der Waals surface area contributed by atoms with Crippen molar-refractivity contribution < 1.29 is 19.0 Å². The Bertz CT molecular complexity index is 724. The number of halogens is 1. The average Bonchev–Trinajstić information content (AvgIpc) is 3.15. The first kappa shape index (κ1) is 16.8. The van der Waals surface area contributed by atoms with Gasteiger partial charge in [-0.1, -0.05) is 23.9 Å². The molecule has 128 valence electrons. The Hall–Kier alpha value is -2.06. The molecule has 1 saturated heterocycles. The first-order valence-electron chi connectivity index (χ1n) is 7.79. The van der Waals surface area contributed by atoms with Crippen molar-refractivity contribution in [1.29, 1.82) is 0 Å². The van der Waals surface area contributed by atoms with Crippen LogP contribution in [0.15, 0.2) is 24.3 Å². The molecule has 2 atom stereocenters. The molecule has 1 aliphatic heterocycles. The standard InChI is InChI=1S/C16H18FN3O3S/c1-2-4-12-15(24-19-18-12)16(22)20-8-13(21)14(9-20)23-11-6-3-5-10(17)7-11/h3,5-7,13-14,21H,2,4,8-9H2,1H3/t13-,14-/m1/s1. The maximum atomic E-state index is 13.2.